The van der Waals surface area contributed by atoms with Gasteiger partial charge in [0.1, 0.15) is 15.7 Å². The maximum absolute atomic E-state index is 11.9. The number of nitrogens with one attached hydrogen (secondary N) is 1. The van der Waals surface area contributed by atoms with Gasteiger partial charge in [-0.25, -0.2) is 0 Å². The average molecular weight is 295 g/mol. The molecule has 0 aromatic heterocycles. The van der Waals surface area contributed by atoms with Gasteiger partial charge in [0.2, 0.25) is 5.91 Å². The fourth-order valence-corrected chi connectivity index (χ4v) is 2.29. The summed E-state index contributed by atoms with van der Waals surface area (Å²) in [6.45, 7) is 3.48. The first-order chi connectivity index (χ1) is 9.83. The molecule has 4 radical (unpaired) electrons. The maximum atomic E-state index is 11.9. The number of hydrogen-bond donors (Lipinski definition) is 3. The van der Waals surface area contributed by atoms with Crippen LogP contribution < -0.4 is 5.32 Å². The first-order valence-corrected chi connectivity index (χ1v) is 7.21. The summed E-state index contributed by atoms with van der Waals surface area (Å²) in [5, 5.41) is 21.6. The van der Waals surface area contributed by atoms with Gasteiger partial charge in [-0.05, 0) is 19.3 Å². The first kappa shape index (κ1) is 18.5. The fourth-order valence-electron chi connectivity index (χ4n) is 2.29. The van der Waals surface area contributed by atoms with Gasteiger partial charge in [-0.1, -0.05) is 6.92 Å². The zero-order valence-corrected chi connectivity index (χ0v) is 12.6. The predicted molar refractivity (Wildman–Crippen MR) is 79.0 cm³/mol. The molecule has 0 spiro atoms. The Morgan fingerprint density at radius 2 is 2.19 bits per heavy atom. The van der Waals surface area contributed by atoms with E-state index in [1.54, 1.807) is 13.8 Å². The molecule has 0 aliphatic carbocycles. The highest BCUT2D eigenvalue weighted by atomic mass is 16.5. The number of hydrogen-bond acceptors (Lipinski definition) is 5. The lowest BCUT2D eigenvalue weighted by atomic mass is 9.96. The molecule has 1 aliphatic rings. The molecule has 3 N–H and O–H groups in total. The Balaban J connectivity index is 2.32. The van der Waals surface area contributed by atoms with E-state index in [0.29, 0.717) is 6.42 Å². The Morgan fingerprint density at radius 3 is 2.67 bits per heavy atom. The van der Waals surface area contributed by atoms with Crippen LogP contribution in [0.5, 0.6) is 0 Å². The van der Waals surface area contributed by atoms with E-state index >= 15 is 0 Å². The van der Waals surface area contributed by atoms with E-state index in [-0.39, 0.29) is 31.4 Å². The van der Waals surface area contributed by atoms with E-state index in [4.69, 9.17) is 25.2 Å². The molecule has 1 fully saturated rings. The Kier molecular flexibility index (Phi) is 7.73. The van der Waals surface area contributed by atoms with E-state index in [2.05, 4.69) is 5.32 Å². The summed E-state index contributed by atoms with van der Waals surface area (Å²) in [6.07, 6.45) is -1.08. The largest absolute Gasteiger partial charge is 0.394 e. The average Bonchev–Trinajstić information content (AvgIpc) is 2.71. The smallest absolute Gasteiger partial charge is 0.220 e. The Morgan fingerprint density at radius 1 is 1.52 bits per heavy atom. The lowest BCUT2D eigenvalue weighted by Crippen LogP contribution is -2.39. The van der Waals surface area contributed by atoms with Crippen LogP contribution in [-0.4, -0.2) is 75.3 Å². The minimum atomic E-state index is -0.663. The summed E-state index contributed by atoms with van der Waals surface area (Å²) in [7, 11) is 11.1. The Bertz CT molecular complexity index is 332. The molecule has 1 rings (SSSR count). The van der Waals surface area contributed by atoms with Crippen LogP contribution in [0, 0.1) is 5.92 Å². The number of ether oxygens (including phenoxy) is 2. The highest BCUT2D eigenvalue weighted by molar-refractivity contribution is 6.11. The van der Waals surface area contributed by atoms with Crippen molar-refractivity contribution in [3.05, 3.63) is 0 Å². The van der Waals surface area contributed by atoms with Crippen LogP contribution in [0.2, 0.25) is 0 Å². The van der Waals surface area contributed by atoms with Crippen molar-refractivity contribution >= 4 is 21.6 Å². The second kappa shape index (κ2) is 8.78. The summed E-state index contributed by atoms with van der Waals surface area (Å²) >= 11 is 0. The van der Waals surface area contributed by atoms with Crippen molar-refractivity contribution in [3.63, 3.8) is 0 Å². The quantitative estimate of drug-likeness (QED) is 0.483. The van der Waals surface area contributed by atoms with Crippen molar-refractivity contribution in [1.29, 1.82) is 0 Å². The van der Waals surface area contributed by atoms with Gasteiger partial charge in [-0.2, -0.15) is 0 Å². The number of amides is 1. The van der Waals surface area contributed by atoms with E-state index in [1.807, 2.05) is 0 Å². The first-order valence-electron chi connectivity index (χ1n) is 7.21. The molecule has 0 saturated carbocycles. The minimum Gasteiger partial charge on any atom is -0.394 e. The summed E-state index contributed by atoms with van der Waals surface area (Å²) in [5.41, 5.74) is 0. The van der Waals surface area contributed by atoms with Crippen molar-refractivity contribution in [3.8, 4) is 0 Å². The number of carbonyl (C=O) groups is 1. The van der Waals surface area contributed by atoms with Crippen LogP contribution in [0.15, 0.2) is 0 Å². The molecule has 6 nitrogen and oxygen atoms in total. The van der Waals surface area contributed by atoms with Crippen LogP contribution in [0.25, 0.3) is 0 Å². The minimum absolute atomic E-state index is 0.183. The molecule has 8 heteroatoms. The molecule has 6 atom stereocenters. The normalized spacial score (nSPS) is 29.8. The Labute approximate surface area is 128 Å². The Hall–Kier alpha value is -0.560. The third kappa shape index (κ3) is 6.38. The highest BCUT2D eigenvalue weighted by Gasteiger charge is 2.31. The molecule has 21 heavy (non-hydrogen) atoms. The summed E-state index contributed by atoms with van der Waals surface area (Å²) in [4.78, 5) is 11.9. The SMILES string of the molecule is [B]C(C)O[C@H](CO)[C@@H](C)CC(=O)NC[C@H]1O[C@@H]([B])C[C@H]1O. The second-order valence-electron chi connectivity index (χ2n) is 5.56. The van der Waals surface area contributed by atoms with Crippen molar-refractivity contribution in [2.75, 3.05) is 13.2 Å². The summed E-state index contributed by atoms with van der Waals surface area (Å²) < 4.78 is 10.6. The number of aliphatic hydroxyl groups is 2. The van der Waals surface area contributed by atoms with Gasteiger partial charge < -0.3 is 25.0 Å². The fraction of sp³-hybridized carbons (Fsp3) is 0.923. The third-order valence-corrected chi connectivity index (χ3v) is 3.46. The van der Waals surface area contributed by atoms with Crippen molar-refractivity contribution < 1.29 is 24.5 Å². The van der Waals surface area contributed by atoms with E-state index in [0.717, 1.165) is 0 Å². The van der Waals surface area contributed by atoms with Crippen molar-refractivity contribution in [1.82, 2.24) is 5.32 Å². The van der Waals surface area contributed by atoms with Crippen LogP contribution in [0.3, 0.4) is 0 Å². The lowest BCUT2D eigenvalue weighted by Gasteiger charge is -2.25. The van der Waals surface area contributed by atoms with Gasteiger partial charge in [0.25, 0.3) is 0 Å². The summed E-state index contributed by atoms with van der Waals surface area (Å²) in [5.74, 6) is -0.386. The van der Waals surface area contributed by atoms with E-state index in [1.165, 1.54) is 0 Å². The molecule has 1 saturated heterocycles. The number of aliphatic hydroxyl groups excluding tert-OH is 2. The van der Waals surface area contributed by atoms with Gasteiger partial charge in [-0.3, -0.25) is 4.79 Å². The van der Waals surface area contributed by atoms with Crippen LogP contribution in [0.1, 0.15) is 26.7 Å². The topological polar surface area (TPSA) is 88.0 Å². The number of rotatable bonds is 8. The lowest BCUT2D eigenvalue weighted by molar-refractivity contribution is -0.124. The van der Waals surface area contributed by atoms with Gasteiger partial charge in [0.15, 0.2) is 0 Å². The van der Waals surface area contributed by atoms with Gasteiger partial charge in [0.05, 0.1) is 24.9 Å². The third-order valence-electron chi connectivity index (χ3n) is 3.46. The molecule has 116 valence electrons. The molecular formula is C13H23B2NO5. The van der Waals surface area contributed by atoms with Crippen LogP contribution >= 0.6 is 0 Å². The van der Waals surface area contributed by atoms with E-state index < -0.39 is 30.3 Å². The predicted octanol–water partition coefficient (Wildman–Crippen LogP) is -1.33. The van der Waals surface area contributed by atoms with Crippen molar-refractivity contribution in [2.45, 2.75) is 57.0 Å². The van der Waals surface area contributed by atoms with Gasteiger partial charge in [0, 0.05) is 25.0 Å². The number of carbonyl (C=O) groups excluding carboxylic acids is 1. The summed E-state index contributed by atoms with van der Waals surface area (Å²) in [6, 6.07) is -0.991. The molecule has 0 bridgehead atoms. The van der Waals surface area contributed by atoms with E-state index in [9.17, 15) is 15.0 Å². The zero-order chi connectivity index (χ0) is 16.0. The molecule has 0 aromatic rings. The monoisotopic (exact) mass is 295 g/mol. The molecule has 1 aliphatic heterocycles. The zero-order valence-electron chi connectivity index (χ0n) is 12.6. The van der Waals surface area contributed by atoms with Gasteiger partial charge in [-0.15, -0.1) is 0 Å². The highest BCUT2D eigenvalue weighted by Crippen LogP contribution is 2.18. The standard InChI is InChI=1S/C13H23B2NO5/c1-7(11(6-17)20-8(2)14)3-13(19)16-5-10-9(18)4-12(15)21-10/h7-12,17-18H,3-6H2,1-2H3,(H,16,19)/t7-,8?,9+,10+,11+,12+/m0/s1. The van der Waals surface area contributed by atoms with Crippen LogP contribution in [0.4, 0.5) is 0 Å². The molecule has 1 unspecified atom stereocenters. The molecule has 1 heterocycles. The maximum Gasteiger partial charge on any atom is 0.220 e. The van der Waals surface area contributed by atoms with Gasteiger partial charge >= 0.3 is 0 Å². The molecule has 1 amide bonds. The molecular weight excluding hydrogens is 272 g/mol. The van der Waals surface area contributed by atoms with Crippen LogP contribution in [-0.2, 0) is 14.3 Å². The second-order valence-corrected chi connectivity index (χ2v) is 5.56. The van der Waals surface area contributed by atoms with Crippen molar-refractivity contribution in [2.24, 2.45) is 5.92 Å². The molecule has 0 aromatic carbocycles.